The fourth-order valence-electron chi connectivity index (χ4n) is 2.59. The van der Waals surface area contributed by atoms with Crippen LogP contribution < -0.4 is 5.32 Å². The number of rotatable bonds is 11. The van der Waals surface area contributed by atoms with Crippen LogP contribution in [0.25, 0.3) is 0 Å². The highest BCUT2D eigenvalue weighted by atomic mass is 15.1. The summed E-state index contributed by atoms with van der Waals surface area (Å²) in [5.74, 6) is 0. The van der Waals surface area contributed by atoms with Crippen LogP contribution >= 0.6 is 0 Å². The molecule has 0 saturated heterocycles. The summed E-state index contributed by atoms with van der Waals surface area (Å²) in [7, 11) is 6.38. The first-order valence-corrected chi connectivity index (χ1v) is 7.55. The van der Waals surface area contributed by atoms with Crippen molar-refractivity contribution in [3.8, 4) is 0 Å². The van der Waals surface area contributed by atoms with Crippen molar-refractivity contribution in [3.63, 3.8) is 0 Å². The van der Waals surface area contributed by atoms with Gasteiger partial charge in [-0.15, -0.1) is 0 Å². The zero-order valence-electron chi connectivity index (χ0n) is 13.6. The number of nitrogens with one attached hydrogen (secondary N) is 1. The van der Waals surface area contributed by atoms with Crippen LogP contribution in [0.2, 0.25) is 0 Å². The van der Waals surface area contributed by atoms with E-state index >= 15 is 0 Å². The molecule has 0 amide bonds. The summed E-state index contributed by atoms with van der Waals surface area (Å²) in [6.07, 6.45) is 3.78. The van der Waals surface area contributed by atoms with Crippen LogP contribution in [-0.4, -0.2) is 63.7 Å². The molecule has 0 rings (SSSR count). The molecule has 0 unspecified atom stereocenters. The molecule has 0 spiro atoms. The van der Waals surface area contributed by atoms with Gasteiger partial charge in [0, 0.05) is 13.1 Å². The lowest BCUT2D eigenvalue weighted by molar-refractivity contribution is 0.137. The first-order valence-electron chi connectivity index (χ1n) is 7.55. The van der Waals surface area contributed by atoms with Gasteiger partial charge in [0.2, 0.25) is 0 Å². The first kappa shape index (κ1) is 17.9. The molecule has 18 heavy (non-hydrogen) atoms. The molecular formula is C15H35N3. The summed E-state index contributed by atoms with van der Waals surface area (Å²) in [6, 6.07) is 0. The van der Waals surface area contributed by atoms with E-state index in [2.05, 4.69) is 57.0 Å². The Morgan fingerprint density at radius 1 is 1.00 bits per heavy atom. The number of nitrogens with zero attached hydrogens (tertiary/aromatic N) is 2. The highest BCUT2D eigenvalue weighted by Gasteiger charge is 2.27. The molecule has 0 saturated carbocycles. The van der Waals surface area contributed by atoms with Gasteiger partial charge in [0.25, 0.3) is 0 Å². The Bertz CT molecular complexity index is 188. The third-order valence-corrected chi connectivity index (χ3v) is 4.14. The lowest BCUT2D eigenvalue weighted by atomic mass is 9.81. The van der Waals surface area contributed by atoms with Crippen LogP contribution in [0.15, 0.2) is 0 Å². The monoisotopic (exact) mass is 257 g/mol. The summed E-state index contributed by atoms with van der Waals surface area (Å²) in [4.78, 5) is 4.89. The Balaban J connectivity index is 4.28. The second-order valence-corrected chi connectivity index (χ2v) is 5.76. The molecular weight excluding hydrogens is 222 g/mol. The van der Waals surface area contributed by atoms with Crippen molar-refractivity contribution >= 4 is 0 Å². The number of hydrogen-bond donors (Lipinski definition) is 1. The third-order valence-electron chi connectivity index (χ3n) is 4.14. The van der Waals surface area contributed by atoms with Crippen molar-refractivity contribution in [2.75, 3.05) is 53.9 Å². The van der Waals surface area contributed by atoms with Gasteiger partial charge in [-0.1, -0.05) is 20.8 Å². The minimum atomic E-state index is 0.447. The highest BCUT2D eigenvalue weighted by molar-refractivity contribution is 4.82. The molecule has 0 aliphatic heterocycles. The lowest BCUT2D eigenvalue weighted by Crippen LogP contribution is -2.43. The maximum Gasteiger partial charge on any atom is 0.00498 e. The topological polar surface area (TPSA) is 18.5 Å². The van der Waals surface area contributed by atoms with Crippen molar-refractivity contribution in [1.29, 1.82) is 0 Å². The zero-order chi connectivity index (χ0) is 14.0. The van der Waals surface area contributed by atoms with Gasteiger partial charge in [0.1, 0.15) is 0 Å². The average molecular weight is 257 g/mol. The summed E-state index contributed by atoms with van der Waals surface area (Å²) in [5, 5.41) is 3.38. The SMILES string of the molecule is CCN(CCCN(C)C)CC(CC)(CC)CNC. The maximum absolute atomic E-state index is 3.38. The van der Waals surface area contributed by atoms with E-state index in [-0.39, 0.29) is 0 Å². The van der Waals surface area contributed by atoms with Gasteiger partial charge < -0.3 is 15.1 Å². The summed E-state index contributed by atoms with van der Waals surface area (Å²) in [5.41, 5.74) is 0.447. The highest BCUT2D eigenvalue weighted by Crippen LogP contribution is 2.26. The largest absolute Gasteiger partial charge is 0.319 e. The van der Waals surface area contributed by atoms with E-state index < -0.39 is 0 Å². The second-order valence-electron chi connectivity index (χ2n) is 5.76. The Kier molecular flexibility index (Phi) is 9.70. The van der Waals surface area contributed by atoms with Gasteiger partial charge in [-0.25, -0.2) is 0 Å². The summed E-state index contributed by atoms with van der Waals surface area (Å²) < 4.78 is 0. The average Bonchev–Trinajstić information content (AvgIpc) is 2.36. The maximum atomic E-state index is 3.38. The van der Waals surface area contributed by atoms with Crippen LogP contribution in [-0.2, 0) is 0 Å². The number of hydrogen-bond acceptors (Lipinski definition) is 3. The predicted octanol–water partition coefficient (Wildman–Crippen LogP) is 2.29. The van der Waals surface area contributed by atoms with Gasteiger partial charge in [-0.3, -0.25) is 0 Å². The van der Waals surface area contributed by atoms with Crippen LogP contribution in [0.3, 0.4) is 0 Å². The molecule has 1 N–H and O–H groups in total. The van der Waals surface area contributed by atoms with Gasteiger partial charge in [-0.05, 0) is 65.5 Å². The van der Waals surface area contributed by atoms with E-state index in [0.717, 1.165) is 6.54 Å². The standard InChI is InChI=1S/C15H35N3/c1-7-15(8-2,13-16-4)14-18(9-3)12-10-11-17(5)6/h16H,7-14H2,1-6H3. The Morgan fingerprint density at radius 3 is 2.00 bits per heavy atom. The minimum absolute atomic E-state index is 0.447. The third kappa shape index (κ3) is 6.72. The lowest BCUT2D eigenvalue weighted by Gasteiger charge is -2.37. The molecule has 0 aromatic rings. The van der Waals surface area contributed by atoms with E-state index in [1.165, 1.54) is 45.4 Å². The molecule has 0 aromatic carbocycles. The van der Waals surface area contributed by atoms with E-state index in [0.29, 0.717) is 5.41 Å². The van der Waals surface area contributed by atoms with Crippen molar-refractivity contribution in [3.05, 3.63) is 0 Å². The van der Waals surface area contributed by atoms with Crippen molar-refractivity contribution < 1.29 is 0 Å². The van der Waals surface area contributed by atoms with Crippen molar-refractivity contribution in [2.45, 2.75) is 40.0 Å². The van der Waals surface area contributed by atoms with Gasteiger partial charge >= 0.3 is 0 Å². The molecule has 0 aliphatic carbocycles. The molecule has 3 heteroatoms. The second kappa shape index (κ2) is 9.76. The molecule has 3 nitrogen and oxygen atoms in total. The molecule has 0 bridgehead atoms. The van der Waals surface area contributed by atoms with Gasteiger partial charge in [0.05, 0.1) is 0 Å². The van der Waals surface area contributed by atoms with E-state index in [4.69, 9.17) is 0 Å². The van der Waals surface area contributed by atoms with Crippen molar-refractivity contribution in [1.82, 2.24) is 15.1 Å². The molecule has 0 heterocycles. The minimum Gasteiger partial charge on any atom is -0.319 e. The van der Waals surface area contributed by atoms with Crippen molar-refractivity contribution in [2.24, 2.45) is 5.41 Å². The normalized spacial score (nSPS) is 12.7. The Morgan fingerprint density at radius 2 is 1.61 bits per heavy atom. The molecule has 0 atom stereocenters. The van der Waals surface area contributed by atoms with Crippen LogP contribution in [0, 0.1) is 5.41 Å². The molecule has 0 aliphatic rings. The van der Waals surface area contributed by atoms with Crippen LogP contribution in [0.1, 0.15) is 40.0 Å². The smallest absolute Gasteiger partial charge is 0.00498 e. The molecule has 0 radical (unpaired) electrons. The summed E-state index contributed by atoms with van der Waals surface area (Å²) >= 11 is 0. The molecule has 110 valence electrons. The van der Waals surface area contributed by atoms with E-state index in [1.807, 2.05) is 0 Å². The zero-order valence-corrected chi connectivity index (χ0v) is 13.6. The fraction of sp³-hybridized carbons (Fsp3) is 1.00. The van der Waals surface area contributed by atoms with Crippen LogP contribution in [0.5, 0.6) is 0 Å². The van der Waals surface area contributed by atoms with E-state index in [1.54, 1.807) is 0 Å². The van der Waals surface area contributed by atoms with E-state index in [9.17, 15) is 0 Å². The first-order chi connectivity index (χ1) is 8.53. The fourth-order valence-corrected chi connectivity index (χ4v) is 2.59. The Hall–Kier alpha value is -0.120. The quantitative estimate of drug-likeness (QED) is 0.613. The van der Waals surface area contributed by atoms with Crippen LogP contribution in [0.4, 0.5) is 0 Å². The van der Waals surface area contributed by atoms with Gasteiger partial charge in [0.15, 0.2) is 0 Å². The predicted molar refractivity (Wildman–Crippen MR) is 82.2 cm³/mol. The van der Waals surface area contributed by atoms with Gasteiger partial charge in [-0.2, -0.15) is 0 Å². The Labute approximate surface area is 115 Å². The molecule has 0 aromatic heterocycles. The summed E-state index contributed by atoms with van der Waals surface area (Å²) in [6.45, 7) is 12.9. The molecule has 0 fully saturated rings.